The van der Waals surface area contributed by atoms with Crippen LogP contribution in [-0.4, -0.2) is 55.2 Å². The lowest BCUT2D eigenvalue weighted by molar-refractivity contribution is -0.137. The van der Waals surface area contributed by atoms with Crippen molar-refractivity contribution in [2.75, 3.05) is 25.4 Å². The molecule has 0 unspecified atom stereocenters. The first-order chi connectivity index (χ1) is 18.3. The first-order valence-electron chi connectivity index (χ1n) is 12.6. The van der Waals surface area contributed by atoms with Gasteiger partial charge in [0.25, 0.3) is 0 Å². The minimum Gasteiger partial charge on any atom is -0.423 e. The summed E-state index contributed by atoms with van der Waals surface area (Å²) in [4.78, 5) is 2.50. The Morgan fingerprint density at radius 3 is 2.46 bits per heavy atom. The van der Waals surface area contributed by atoms with E-state index < -0.39 is 11.7 Å². The smallest absolute Gasteiger partial charge is 0.416 e. The van der Waals surface area contributed by atoms with Crippen LogP contribution in [0.2, 0.25) is 0 Å². The van der Waals surface area contributed by atoms with Gasteiger partial charge in [0.15, 0.2) is 11.0 Å². The molecule has 3 heterocycles. The van der Waals surface area contributed by atoms with E-state index in [9.17, 15) is 13.2 Å². The molecule has 0 N–H and O–H groups in total. The van der Waals surface area contributed by atoms with Crippen molar-refractivity contribution in [3.05, 3.63) is 66.1 Å². The van der Waals surface area contributed by atoms with Crippen molar-refractivity contribution in [1.29, 1.82) is 0 Å². The molecule has 7 nitrogen and oxygen atoms in total. The highest BCUT2D eigenvalue weighted by atomic mass is 35.5. The van der Waals surface area contributed by atoms with E-state index in [1.54, 1.807) is 23.9 Å². The second-order valence-corrected chi connectivity index (χ2v) is 11.2. The highest BCUT2D eigenvalue weighted by Gasteiger charge is 2.57. The Balaban J connectivity index is 0.00000308. The molecule has 6 rings (SSSR count). The van der Waals surface area contributed by atoms with Crippen LogP contribution in [0.3, 0.4) is 0 Å². The number of hydrogen-bond donors (Lipinski definition) is 0. The fourth-order valence-electron chi connectivity index (χ4n) is 5.55. The van der Waals surface area contributed by atoms with Crippen molar-refractivity contribution in [2.24, 2.45) is 12.5 Å². The number of halogens is 4. The summed E-state index contributed by atoms with van der Waals surface area (Å²) in [5.41, 5.74) is 2.52. The molecule has 0 amide bonds. The van der Waals surface area contributed by atoms with Crippen molar-refractivity contribution in [1.82, 2.24) is 29.9 Å². The molecule has 39 heavy (non-hydrogen) atoms. The zero-order valence-electron chi connectivity index (χ0n) is 21.3. The summed E-state index contributed by atoms with van der Waals surface area (Å²) in [6.07, 6.45) is 0.248. The van der Waals surface area contributed by atoms with E-state index in [1.807, 2.05) is 35.9 Å². The Labute approximate surface area is 234 Å². The van der Waals surface area contributed by atoms with Gasteiger partial charge in [-0.25, -0.2) is 0 Å². The fraction of sp³-hybridized carbons (Fsp3) is 0.407. The summed E-state index contributed by atoms with van der Waals surface area (Å²) in [7, 11) is 1.97. The highest BCUT2D eigenvalue weighted by Crippen LogP contribution is 2.64. The van der Waals surface area contributed by atoms with E-state index in [0.29, 0.717) is 11.8 Å². The van der Waals surface area contributed by atoms with Gasteiger partial charge in [0.1, 0.15) is 0 Å². The molecule has 1 saturated carbocycles. The Hall–Kier alpha value is -2.89. The van der Waals surface area contributed by atoms with Crippen molar-refractivity contribution in [3.63, 3.8) is 0 Å². The molecule has 2 aromatic carbocycles. The molecule has 4 aromatic rings. The first-order valence-corrected chi connectivity index (χ1v) is 13.6. The van der Waals surface area contributed by atoms with E-state index >= 15 is 0 Å². The summed E-state index contributed by atoms with van der Waals surface area (Å²) < 4.78 is 45.9. The summed E-state index contributed by atoms with van der Waals surface area (Å²) >= 11 is 1.70. The van der Waals surface area contributed by atoms with Gasteiger partial charge in [0, 0.05) is 30.5 Å². The number of rotatable bonds is 8. The van der Waals surface area contributed by atoms with Crippen LogP contribution < -0.4 is 0 Å². The Bertz CT molecular complexity index is 1390. The van der Waals surface area contributed by atoms with Crippen molar-refractivity contribution < 1.29 is 17.6 Å². The molecule has 1 aliphatic heterocycles. The van der Waals surface area contributed by atoms with E-state index in [1.165, 1.54) is 18.5 Å². The molecular formula is C27H28ClF3N6OS. The predicted molar refractivity (Wildman–Crippen MR) is 145 cm³/mol. The zero-order chi connectivity index (χ0) is 26.3. The van der Waals surface area contributed by atoms with Crippen LogP contribution in [-0.2, 0) is 13.2 Å². The van der Waals surface area contributed by atoms with E-state index in [4.69, 9.17) is 4.42 Å². The van der Waals surface area contributed by atoms with Crippen molar-refractivity contribution >= 4 is 24.2 Å². The van der Waals surface area contributed by atoms with Gasteiger partial charge in [0.05, 0.1) is 5.56 Å². The molecule has 206 valence electrons. The van der Waals surface area contributed by atoms with Gasteiger partial charge in [-0.05, 0) is 73.5 Å². The lowest BCUT2D eigenvalue weighted by Gasteiger charge is -2.16. The number of alkyl halides is 3. The maximum atomic E-state index is 12.9. The predicted octanol–water partition coefficient (Wildman–Crippen LogP) is 6.33. The lowest BCUT2D eigenvalue weighted by Crippen LogP contribution is -2.23. The fourth-order valence-corrected chi connectivity index (χ4v) is 6.39. The van der Waals surface area contributed by atoms with Crippen LogP contribution in [0.15, 0.2) is 64.5 Å². The van der Waals surface area contributed by atoms with Crippen molar-refractivity contribution in [3.8, 4) is 22.8 Å². The Kier molecular flexibility index (Phi) is 7.76. The molecule has 2 aromatic heterocycles. The molecule has 1 aliphatic carbocycles. The normalized spacial score (nSPS) is 20.9. The van der Waals surface area contributed by atoms with Crippen LogP contribution in [0.5, 0.6) is 0 Å². The number of nitrogens with zero attached hydrogens (tertiary/aromatic N) is 6. The minimum absolute atomic E-state index is 0. The van der Waals surface area contributed by atoms with Crippen LogP contribution in [0.1, 0.15) is 36.3 Å². The van der Waals surface area contributed by atoms with Gasteiger partial charge in [-0.1, -0.05) is 36.0 Å². The summed E-state index contributed by atoms with van der Waals surface area (Å²) in [5, 5.41) is 17.3. The zero-order valence-corrected chi connectivity index (χ0v) is 22.9. The van der Waals surface area contributed by atoms with E-state index in [0.717, 1.165) is 72.3 Å². The van der Waals surface area contributed by atoms with E-state index in [2.05, 4.69) is 25.3 Å². The van der Waals surface area contributed by atoms with Gasteiger partial charge < -0.3 is 13.9 Å². The maximum Gasteiger partial charge on any atom is 0.416 e. The second kappa shape index (κ2) is 10.9. The van der Waals surface area contributed by atoms with Crippen LogP contribution in [0, 0.1) is 5.41 Å². The average molecular weight is 577 g/mol. The second-order valence-electron chi connectivity index (χ2n) is 10.2. The minimum atomic E-state index is -4.28. The lowest BCUT2D eigenvalue weighted by atomic mass is 9.97. The Morgan fingerprint density at radius 1 is 1.03 bits per heavy atom. The third kappa shape index (κ3) is 5.71. The van der Waals surface area contributed by atoms with Gasteiger partial charge in [-0.3, -0.25) is 0 Å². The Morgan fingerprint density at radius 2 is 1.77 bits per heavy atom. The summed E-state index contributed by atoms with van der Waals surface area (Å²) in [5.74, 6) is 2.59. The highest BCUT2D eigenvalue weighted by molar-refractivity contribution is 7.99. The maximum absolute atomic E-state index is 12.9. The monoisotopic (exact) mass is 576 g/mol. The molecule has 2 fully saturated rings. The largest absolute Gasteiger partial charge is 0.423 e. The number of benzene rings is 2. The van der Waals surface area contributed by atoms with Gasteiger partial charge in [-0.15, -0.1) is 32.8 Å². The quantitative estimate of drug-likeness (QED) is 0.179. The molecule has 12 heteroatoms. The third-order valence-electron chi connectivity index (χ3n) is 7.73. The van der Waals surface area contributed by atoms with Gasteiger partial charge in [0.2, 0.25) is 12.3 Å². The first kappa shape index (κ1) is 27.7. The number of likely N-dealkylation sites (tertiary alicyclic amines) is 1. The third-order valence-corrected chi connectivity index (χ3v) is 8.84. The standard InChI is InChI=1S/C27H27F3N6OS.ClH/c1-35-23(19-3-5-20(6-4-19)24-33-31-17-37-24)32-34-25(35)38-14-2-12-36-13-11-26(16-36)15-22(26)18-7-9-21(10-8-18)27(28,29)30;/h3-10,17,22H,2,11-16H2,1H3;1H/t22-,26+;/m1./s1. The SMILES string of the molecule is Cl.Cn1c(SCCCN2CC[C@]3(C[C@@H]3c3ccc(C(F)(F)F)cc3)C2)nnc1-c1ccc(-c2nnco2)cc1. The van der Waals surface area contributed by atoms with Crippen LogP contribution >= 0.6 is 24.2 Å². The molecule has 0 radical (unpaired) electrons. The molecule has 1 spiro atoms. The summed E-state index contributed by atoms with van der Waals surface area (Å²) in [6, 6.07) is 13.6. The van der Waals surface area contributed by atoms with Gasteiger partial charge in [-0.2, -0.15) is 13.2 Å². The number of hydrogen-bond acceptors (Lipinski definition) is 7. The number of aromatic nitrogens is 5. The molecule has 0 bridgehead atoms. The molecule has 2 aliphatic rings. The average Bonchev–Trinajstić information content (AvgIpc) is 3.29. The number of thioether (sulfide) groups is 1. The molecular weight excluding hydrogens is 549 g/mol. The van der Waals surface area contributed by atoms with Crippen LogP contribution in [0.25, 0.3) is 22.8 Å². The van der Waals surface area contributed by atoms with Crippen molar-refractivity contribution in [2.45, 2.75) is 36.5 Å². The topological polar surface area (TPSA) is 72.9 Å². The van der Waals surface area contributed by atoms with E-state index in [-0.39, 0.29) is 17.8 Å². The van der Waals surface area contributed by atoms with Crippen LogP contribution in [0.4, 0.5) is 13.2 Å². The molecule has 2 atom stereocenters. The van der Waals surface area contributed by atoms with Gasteiger partial charge >= 0.3 is 6.18 Å². The molecule has 1 saturated heterocycles. The summed E-state index contributed by atoms with van der Waals surface area (Å²) in [6.45, 7) is 3.09.